The van der Waals surface area contributed by atoms with E-state index in [1.54, 1.807) is 0 Å². The molecule has 0 aliphatic carbocycles. The van der Waals surface area contributed by atoms with E-state index in [9.17, 15) is 43.2 Å². The Hall–Kier alpha value is -1.94. The molecule has 0 aromatic carbocycles. The molecule has 0 aromatic heterocycles. The first-order valence-corrected chi connectivity index (χ1v) is 31.9. The molecular weight excluding hydrogens is 995 g/mol. The van der Waals surface area contributed by atoms with E-state index in [1.807, 2.05) is 0 Å². The molecule has 0 amide bonds. The van der Waals surface area contributed by atoms with Crippen molar-refractivity contribution in [1.29, 1.82) is 0 Å². The maximum Gasteiger partial charge on any atom is 0.472 e. The van der Waals surface area contributed by atoms with E-state index in [1.165, 1.54) is 51.4 Å². The zero-order valence-electron chi connectivity index (χ0n) is 47.3. The van der Waals surface area contributed by atoms with Gasteiger partial charge in [0.1, 0.15) is 19.3 Å². The third-order valence-corrected chi connectivity index (χ3v) is 15.0. The monoisotopic (exact) mass is 1100 g/mol. The topological polar surface area (TPSA) is 237 Å². The van der Waals surface area contributed by atoms with Gasteiger partial charge < -0.3 is 33.8 Å². The fourth-order valence-corrected chi connectivity index (χ4v) is 9.40. The largest absolute Gasteiger partial charge is 0.472 e. The number of ether oxygens (including phenoxy) is 4. The number of unbranched alkanes of at least 4 members (excludes halogenated alkanes) is 19. The second-order valence-electron chi connectivity index (χ2n) is 20.9. The number of hydrogen-bond acceptors (Lipinski definition) is 15. The SMILES string of the molecule is CCCCCCCC(=O)OC[C@H](COP(=O)(O)OC[C@H](O)COP(=O)(O)OC[C@@H](COC(=O)CCCCCCCCC(C)CC)OC(=O)CCCCCCCCC(C)CC)OC(=O)CCCCCCCCC(C)C. The van der Waals surface area contributed by atoms with Crippen molar-refractivity contribution in [1.82, 2.24) is 0 Å². The Morgan fingerprint density at radius 3 is 1.03 bits per heavy atom. The van der Waals surface area contributed by atoms with Crippen molar-refractivity contribution < 1.29 is 80.2 Å². The van der Waals surface area contributed by atoms with Crippen molar-refractivity contribution in [2.24, 2.45) is 17.8 Å². The lowest BCUT2D eigenvalue weighted by Crippen LogP contribution is -2.30. The van der Waals surface area contributed by atoms with Crippen LogP contribution >= 0.6 is 15.6 Å². The standard InChI is InChI=1S/C55H106O17P2/c1-8-11-12-19-29-36-52(57)65-42-50(71-54(59)38-31-24-16-13-20-26-33-46(4)5)44-69-73(61,62)67-40-49(56)41-68-74(63,64)70-45-51(72-55(60)39-32-25-18-15-22-28-35-48(7)10-3)43-66-53(58)37-30-23-17-14-21-27-34-47(6)9-2/h46-51,56H,8-45H2,1-7H3,(H,61,62)(H,63,64)/t47?,48?,49-,50+,51+/m0/s1. The van der Waals surface area contributed by atoms with Crippen LogP contribution in [0.1, 0.15) is 254 Å². The van der Waals surface area contributed by atoms with E-state index >= 15 is 0 Å². The summed E-state index contributed by atoms with van der Waals surface area (Å²) in [7, 11) is -9.86. The van der Waals surface area contributed by atoms with Crippen molar-refractivity contribution in [2.75, 3.05) is 39.6 Å². The number of phosphoric ester groups is 2. The van der Waals surface area contributed by atoms with E-state index in [0.29, 0.717) is 31.6 Å². The Balaban J connectivity index is 5.21. The molecule has 0 heterocycles. The molecule has 19 heteroatoms. The van der Waals surface area contributed by atoms with Crippen LogP contribution < -0.4 is 0 Å². The first kappa shape index (κ1) is 72.1. The molecule has 74 heavy (non-hydrogen) atoms. The lowest BCUT2D eigenvalue weighted by molar-refractivity contribution is -0.161. The summed E-state index contributed by atoms with van der Waals surface area (Å²) in [6.07, 6.45) is 24.5. The molecular formula is C55H106O17P2. The van der Waals surface area contributed by atoms with Gasteiger partial charge in [0, 0.05) is 25.7 Å². The molecule has 0 radical (unpaired) electrons. The Kier molecular flexibility index (Phi) is 45.9. The molecule has 438 valence electrons. The molecule has 0 aliphatic heterocycles. The second kappa shape index (κ2) is 47.1. The summed E-state index contributed by atoms with van der Waals surface area (Å²) in [6.45, 7) is 11.4. The maximum atomic E-state index is 12.9. The van der Waals surface area contributed by atoms with Crippen LogP contribution in [-0.2, 0) is 65.4 Å². The van der Waals surface area contributed by atoms with Crippen molar-refractivity contribution in [3.8, 4) is 0 Å². The van der Waals surface area contributed by atoms with Crippen molar-refractivity contribution >= 4 is 39.5 Å². The van der Waals surface area contributed by atoms with Crippen LogP contribution in [0.4, 0.5) is 0 Å². The molecule has 0 saturated carbocycles. The molecule has 0 bridgehead atoms. The molecule has 17 nitrogen and oxygen atoms in total. The normalized spacial score (nSPS) is 15.4. The third kappa shape index (κ3) is 47.3. The Morgan fingerprint density at radius 1 is 0.392 bits per heavy atom. The Labute approximate surface area is 447 Å². The first-order valence-electron chi connectivity index (χ1n) is 28.9. The van der Waals surface area contributed by atoms with E-state index < -0.39 is 97.5 Å². The van der Waals surface area contributed by atoms with Gasteiger partial charge in [-0.3, -0.25) is 37.3 Å². The van der Waals surface area contributed by atoms with Gasteiger partial charge in [0.25, 0.3) is 0 Å². The number of hydrogen-bond donors (Lipinski definition) is 3. The number of aliphatic hydroxyl groups is 1. The van der Waals surface area contributed by atoms with Gasteiger partial charge >= 0.3 is 39.5 Å². The average Bonchev–Trinajstić information content (AvgIpc) is 3.36. The highest BCUT2D eigenvalue weighted by Gasteiger charge is 2.30. The highest BCUT2D eigenvalue weighted by molar-refractivity contribution is 7.47. The predicted octanol–water partition coefficient (Wildman–Crippen LogP) is 14.0. The van der Waals surface area contributed by atoms with Gasteiger partial charge in [0.05, 0.1) is 26.4 Å². The predicted molar refractivity (Wildman–Crippen MR) is 289 cm³/mol. The Bertz CT molecular complexity index is 1500. The van der Waals surface area contributed by atoms with Crippen LogP contribution in [0.3, 0.4) is 0 Å². The highest BCUT2D eigenvalue weighted by atomic mass is 31.2. The number of rotatable bonds is 53. The number of esters is 4. The van der Waals surface area contributed by atoms with Gasteiger partial charge in [-0.1, -0.05) is 203 Å². The van der Waals surface area contributed by atoms with E-state index in [0.717, 1.165) is 115 Å². The third-order valence-electron chi connectivity index (χ3n) is 13.1. The van der Waals surface area contributed by atoms with Gasteiger partial charge in [-0.05, 0) is 43.4 Å². The fraction of sp³-hybridized carbons (Fsp3) is 0.927. The molecule has 0 rings (SSSR count). The average molecular weight is 1100 g/mol. The van der Waals surface area contributed by atoms with E-state index in [2.05, 4.69) is 48.5 Å². The van der Waals surface area contributed by atoms with Crippen molar-refractivity contribution in [3.63, 3.8) is 0 Å². The molecule has 7 atom stereocenters. The number of phosphoric acid groups is 2. The Morgan fingerprint density at radius 2 is 0.689 bits per heavy atom. The summed E-state index contributed by atoms with van der Waals surface area (Å²) in [5, 5.41) is 10.5. The smallest absolute Gasteiger partial charge is 0.462 e. The molecule has 0 aromatic rings. The maximum absolute atomic E-state index is 12.9. The number of carbonyl (C=O) groups excluding carboxylic acids is 4. The molecule has 0 aliphatic rings. The first-order chi connectivity index (χ1) is 35.3. The minimum absolute atomic E-state index is 0.100. The highest BCUT2D eigenvalue weighted by Crippen LogP contribution is 2.45. The van der Waals surface area contributed by atoms with Crippen LogP contribution in [0.15, 0.2) is 0 Å². The van der Waals surface area contributed by atoms with Crippen LogP contribution in [-0.4, -0.2) is 96.7 Å². The minimum atomic E-state index is -4.93. The van der Waals surface area contributed by atoms with Gasteiger partial charge in [0.2, 0.25) is 0 Å². The van der Waals surface area contributed by atoms with Crippen LogP contribution in [0, 0.1) is 17.8 Å². The second-order valence-corrected chi connectivity index (χ2v) is 23.8. The molecule has 4 unspecified atom stereocenters. The van der Waals surface area contributed by atoms with E-state index in [4.69, 9.17) is 37.0 Å². The van der Waals surface area contributed by atoms with Crippen molar-refractivity contribution in [2.45, 2.75) is 272 Å². The van der Waals surface area contributed by atoms with Gasteiger partial charge in [0.15, 0.2) is 12.2 Å². The van der Waals surface area contributed by atoms with Gasteiger partial charge in [-0.15, -0.1) is 0 Å². The zero-order valence-corrected chi connectivity index (χ0v) is 49.1. The van der Waals surface area contributed by atoms with Crippen LogP contribution in [0.2, 0.25) is 0 Å². The van der Waals surface area contributed by atoms with Crippen LogP contribution in [0.25, 0.3) is 0 Å². The quantitative estimate of drug-likeness (QED) is 0.0222. The lowest BCUT2D eigenvalue weighted by Gasteiger charge is -2.21. The van der Waals surface area contributed by atoms with Gasteiger partial charge in [-0.25, -0.2) is 9.13 Å². The minimum Gasteiger partial charge on any atom is -0.462 e. The molecule has 3 N–H and O–H groups in total. The summed E-state index contributed by atoms with van der Waals surface area (Å²) in [5.74, 6) is -0.0460. The van der Waals surface area contributed by atoms with Crippen molar-refractivity contribution in [3.05, 3.63) is 0 Å². The lowest BCUT2D eigenvalue weighted by atomic mass is 10.00. The number of carbonyl (C=O) groups is 4. The van der Waals surface area contributed by atoms with Gasteiger partial charge in [-0.2, -0.15) is 0 Å². The summed E-state index contributed by atoms with van der Waals surface area (Å²) < 4.78 is 67.3. The number of aliphatic hydroxyl groups excluding tert-OH is 1. The summed E-state index contributed by atoms with van der Waals surface area (Å²) in [4.78, 5) is 71.5. The summed E-state index contributed by atoms with van der Waals surface area (Å²) in [6, 6.07) is 0. The molecule has 0 saturated heterocycles. The zero-order chi connectivity index (χ0) is 55.3. The molecule has 0 fully saturated rings. The summed E-state index contributed by atoms with van der Waals surface area (Å²) in [5.41, 5.74) is 0. The van der Waals surface area contributed by atoms with Crippen LogP contribution in [0.5, 0.6) is 0 Å². The fourth-order valence-electron chi connectivity index (χ4n) is 7.82. The van der Waals surface area contributed by atoms with E-state index in [-0.39, 0.29) is 25.7 Å². The summed E-state index contributed by atoms with van der Waals surface area (Å²) >= 11 is 0. The molecule has 0 spiro atoms.